The van der Waals surface area contributed by atoms with Crippen LogP contribution in [-0.4, -0.2) is 29.7 Å². The first-order chi connectivity index (χ1) is 11.8. The Kier molecular flexibility index (Phi) is 7.05. The SMILES string of the molecule is O=C(NCCSCc1ccco1)c1ccc(C2SCCCS2)cc1. The predicted molar refractivity (Wildman–Crippen MR) is 106 cm³/mol. The van der Waals surface area contributed by atoms with Crippen LogP contribution < -0.4 is 5.32 Å². The molecule has 24 heavy (non-hydrogen) atoms. The van der Waals surface area contributed by atoms with Crippen LogP contribution in [0.1, 0.15) is 32.7 Å². The molecule has 128 valence electrons. The number of furan rings is 1. The van der Waals surface area contributed by atoms with Gasteiger partial charge < -0.3 is 9.73 Å². The van der Waals surface area contributed by atoms with Gasteiger partial charge >= 0.3 is 0 Å². The summed E-state index contributed by atoms with van der Waals surface area (Å²) in [5.74, 6) is 5.16. The molecular weight excluding hydrogens is 358 g/mol. The maximum atomic E-state index is 12.2. The van der Waals surface area contributed by atoms with Gasteiger partial charge in [0, 0.05) is 17.9 Å². The Labute approximate surface area is 155 Å². The summed E-state index contributed by atoms with van der Waals surface area (Å²) >= 11 is 5.76. The lowest BCUT2D eigenvalue weighted by Gasteiger charge is -2.21. The first-order valence-corrected chi connectivity index (χ1v) is 11.3. The van der Waals surface area contributed by atoms with Crippen LogP contribution in [0, 0.1) is 0 Å². The number of hydrogen-bond acceptors (Lipinski definition) is 5. The highest BCUT2D eigenvalue weighted by Gasteiger charge is 2.16. The average Bonchev–Trinajstić information content (AvgIpc) is 3.16. The van der Waals surface area contributed by atoms with Crippen LogP contribution in [0.25, 0.3) is 0 Å². The summed E-state index contributed by atoms with van der Waals surface area (Å²) in [6.07, 6.45) is 2.98. The quantitative estimate of drug-likeness (QED) is 0.699. The van der Waals surface area contributed by atoms with E-state index in [9.17, 15) is 4.79 Å². The number of carbonyl (C=O) groups is 1. The van der Waals surface area contributed by atoms with Crippen LogP contribution in [0.5, 0.6) is 0 Å². The van der Waals surface area contributed by atoms with Crippen molar-refractivity contribution in [3.05, 3.63) is 59.5 Å². The number of thioether (sulfide) groups is 3. The smallest absolute Gasteiger partial charge is 0.251 e. The van der Waals surface area contributed by atoms with Gasteiger partial charge in [0.15, 0.2) is 0 Å². The summed E-state index contributed by atoms with van der Waals surface area (Å²) in [6.45, 7) is 0.667. The molecule has 0 saturated carbocycles. The lowest BCUT2D eigenvalue weighted by molar-refractivity contribution is 0.0956. The summed E-state index contributed by atoms with van der Waals surface area (Å²) in [4.78, 5) is 12.2. The van der Waals surface area contributed by atoms with Gasteiger partial charge in [-0.15, -0.1) is 23.5 Å². The minimum atomic E-state index is 0.00380. The van der Waals surface area contributed by atoms with Crippen molar-refractivity contribution in [1.82, 2.24) is 5.32 Å². The molecular formula is C18H21NO2S3. The second-order valence-corrected chi connectivity index (χ2v) is 9.27. The van der Waals surface area contributed by atoms with Gasteiger partial charge in [-0.2, -0.15) is 11.8 Å². The van der Waals surface area contributed by atoms with E-state index in [1.807, 2.05) is 47.8 Å². The van der Waals surface area contributed by atoms with E-state index in [0.29, 0.717) is 11.1 Å². The first-order valence-electron chi connectivity index (χ1n) is 8.04. The molecule has 1 saturated heterocycles. The highest BCUT2D eigenvalue weighted by atomic mass is 32.2. The molecule has 6 heteroatoms. The van der Waals surface area contributed by atoms with Crippen molar-refractivity contribution in [2.24, 2.45) is 0 Å². The molecule has 2 aromatic rings. The van der Waals surface area contributed by atoms with Crippen LogP contribution in [0.2, 0.25) is 0 Å². The molecule has 3 rings (SSSR count). The van der Waals surface area contributed by atoms with Gasteiger partial charge in [-0.25, -0.2) is 0 Å². The Morgan fingerprint density at radius 1 is 1.21 bits per heavy atom. The summed E-state index contributed by atoms with van der Waals surface area (Å²) < 4.78 is 5.80. The molecule has 1 aliphatic rings. The van der Waals surface area contributed by atoms with Crippen molar-refractivity contribution in [3.8, 4) is 0 Å². The summed E-state index contributed by atoms with van der Waals surface area (Å²) in [6, 6.07) is 11.9. The standard InChI is InChI=1S/C18H21NO2S3/c20-17(19-8-12-22-13-16-3-1-9-21-16)14-4-6-15(7-5-14)18-23-10-2-11-24-18/h1,3-7,9,18H,2,8,10-13H2,(H,19,20). The highest BCUT2D eigenvalue weighted by Crippen LogP contribution is 2.43. The molecule has 1 aromatic heterocycles. The Balaban J connectivity index is 1.39. The molecule has 0 unspecified atom stereocenters. The third kappa shape index (κ3) is 5.26. The zero-order valence-corrected chi connectivity index (χ0v) is 15.9. The first kappa shape index (κ1) is 17.8. The van der Waals surface area contributed by atoms with Crippen molar-refractivity contribution < 1.29 is 9.21 Å². The number of benzene rings is 1. The van der Waals surface area contributed by atoms with Crippen molar-refractivity contribution in [1.29, 1.82) is 0 Å². The molecule has 2 heterocycles. The van der Waals surface area contributed by atoms with Crippen LogP contribution in [0.15, 0.2) is 47.1 Å². The van der Waals surface area contributed by atoms with Crippen molar-refractivity contribution in [2.45, 2.75) is 16.8 Å². The van der Waals surface area contributed by atoms with E-state index in [1.165, 1.54) is 23.5 Å². The molecule has 0 atom stereocenters. The van der Waals surface area contributed by atoms with Gasteiger partial charge in [0.2, 0.25) is 0 Å². The molecule has 0 bridgehead atoms. The average molecular weight is 380 g/mol. The van der Waals surface area contributed by atoms with Gasteiger partial charge in [-0.3, -0.25) is 4.79 Å². The van der Waals surface area contributed by atoms with Crippen molar-refractivity contribution in [3.63, 3.8) is 0 Å². The molecule has 1 amide bonds. The number of nitrogens with one attached hydrogen (secondary N) is 1. The monoisotopic (exact) mass is 379 g/mol. The molecule has 3 nitrogen and oxygen atoms in total. The minimum Gasteiger partial charge on any atom is -0.468 e. The van der Waals surface area contributed by atoms with E-state index in [2.05, 4.69) is 17.4 Å². The summed E-state index contributed by atoms with van der Waals surface area (Å²) in [5.41, 5.74) is 2.05. The van der Waals surface area contributed by atoms with Crippen molar-refractivity contribution >= 4 is 41.2 Å². The fourth-order valence-corrected chi connectivity index (χ4v) is 6.03. The fourth-order valence-electron chi connectivity index (χ4n) is 2.38. The van der Waals surface area contributed by atoms with Gasteiger partial charge in [0.05, 0.1) is 16.6 Å². The maximum Gasteiger partial charge on any atom is 0.251 e. The van der Waals surface area contributed by atoms with Crippen LogP contribution in [-0.2, 0) is 5.75 Å². The van der Waals surface area contributed by atoms with Crippen LogP contribution in [0.4, 0.5) is 0 Å². The normalized spacial score (nSPS) is 15.3. The Bertz CT molecular complexity index is 622. The molecule has 1 N–H and O–H groups in total. The minimum absolute atomic E-state index is 0.00380. The topological polar surface area (TPSA) is 42.2 Å². The number of amides is 1. The highest BCUT2D eigenvalue weighted by molar-refractivity contribution is 8.16. The number of hydrogen-bond donors (Lipinski definition) is 1. The molecule has 0 radical (unpaired) electrons. The van der Waals surface area contributed by atoms with Crippen molar-refractivity contribution in [2.75, 3.05) is 23.8 Å². The zero-order chi connectivity index (χ0) is 16.6. The van der Waals surface area contributed by atoms with E-state index in [1.54, 1.807) is 18.0 Å². The fraction of sp³-hybridized carbons (Fsp3) is 0.389. The van der Waals surface area contributed by atoms with E-state index in [0.717, 1.165) is 22.8 Å². The number of rotatable bonds is 7. The largest absolute Gasteiger partial charge is 0.468 e. The van der Waals surface area contributed by atoms with E-state index < -0.39 is 0 Å². The second kappa shape index (κ2) is 9.49. The molecule has 1 aliphatic heterocycles. The van der Waals surface area contributed by atoms with Crippen LogP contribution in [0.3, 0.4) is 0 Å². The lowest BCUT2D eigenvalue weighted by Crippen LogP contribution is -2.25. The molecule has 1 aromatic carbocycles. The number of carbonyl (C=O) groups excluding carboxylic acids is 1. The zero-order valence-electron chi connectivity index (χ0n) is 13.4. The van der Waals surface area contributed by atoms with E-state index in [-0.39, 0.29) is 5.91 Å². The van der Waals surface area contributed by atoms with Gasteiger partial charge in [-0.1, -0.05) is 12.1 Å². The Morgan fingerprint density at radius 3 is 2.71 bits per heavy atom. The van der Waals surface area contributed by atoms with Gasteiger partial charge in [-0.05, 0) is 47.8 Å². The molecule has 0 spiro atoms. The second-order valence-electron chi connectivity index (χ2n) is 5.44. The third-order valence-electron chi connectivity index (χ3n) is 3.63. The van der Waals surface area contributed by atoms with E-state index >= 15 is 0 Å². The Morgan fingerprint density at radius 2 is 2.00 bits per heavy atom. The summed E-state index contributed by atoms with van der Waals surface area (Å²) in [7, 11) is 0. The molecule has 0 aliphatic carbocycles. The predicted octanol–water partition coefficient (Wildman–Crippen LogP) is 4.81. The molecule has 1 fully saturated rings. The maximum absolute atomic E-state index is 12.2. The summed E-state index contributed by atoms with van der Waals surface area (Å²) in [5, 5.41) is 2.98. The van der Waals surface area contributed by atoms with Gasteiger partial charge in [0.1, 0.15) is 5.76 Å². The van der Waals surface area contributed by atoms with E-state index in [4.69, 9.17) is 4.42 Å². The van der Waals surface area contributed by atoms with Gasteiger partial charge in [0.25, 0.3) is 5.91 Å². The lowest BCUT2D eigenvalue weighted by atomic mass is 10.1. The van der Waals surface area contributed by atoms with Crippen LogP contribution >= 0.6 is 35.3 Å². The third-order valence-corrected chi connectivity index (χ3v) is 7.63. The Hall–Kier alpha value is -0.980.